The molecule has 1 heterocycles. The highest BCUT2D eigenvalue weighted by molar-refractivity contribution is 7.89. The molecule has 0 aliphatic carbocycles. The molecule has 0 aliphatic rings. The van der Waals surface area contributed by atoms with E-state index in [1.807, 2.05) is 0 Å². The summed E-state index contributed by atoms with van der Waals surface area (Å²) in [5, 5.41) is 6.62. The fourth-order valence-electron chi connectivity index (χ4n) is 1.77. The standard InChI is InChI=1S/C12H16ClN5O2S/c13-10-4-3-9(7-14)6-11(10)21(19,20)17-5-1-2-12-15-8-16-18-12/h3-4,6,8,17H,1-2,5,7,14H2,(H,15,16,18). The van der Waals surface area contributed by atoms with Crippen LogP contribution in [0.3, 0.4) is 0 Å². The predicted molar refractivity (Wildman–Crippen MR) is 79.2 cm³/mol. The third-order valence-corrected chi connectivity index (χ3v) is 4.81. The lowest BCUT2D eigenvalue weighted by Gasteiger charge is -2.09. The van der Waals surface area contributed by atoms with Crippen LogP contribution in [-0.4, -0.2) is 30.1 Å². The number of aryl methyl sites for hydroxylation is 1. The summed E-state index contributed by atoms with van der Waals surface area (Å²) >= 11 is 5.95. The number of halogens is 1. The summed E-state index contributed by atoms with van der Waals surface area (Å²) in [5.74, 6) is 0.720. The molecule has 21 heavy (non-hydrogen) atoms. The van der Waals surface area contributed by atoms with E-state index < -0.39 is 10.0 Å². The summed E-state index contributed by atoms with van der Waals surface area (Å²) in [4.78, 5) is 4.01. The molecular formula is C12H16ClN5O2S. The molecule has 1 aromatic heterocycles. The first kappa shape index (κ1) is 15.9. The molecule has 0 saturated heterocycles. The van der Waals surface area contributed by atoms with E-state index in [2.05, 4.69) is 19.9 Å². The number of benzene rings is 1. The van der Waals surface area contributed by atoms with Crippen LogP contribution in [0.2, 0.25) is 5.02 Å². The SMILES string of the molecule is NCc1ccc(Cl)c(S(=O)(=O)NCCCc2ncn[nH]2)c1. The van der Waals surface area contributed by atoms with Crippen molar-refractivity contribution in [2.24, 2.45) is 5.73 Å². The van der Waals surface area contributed by atoms with Crippen molar-refractivity contribution >= 4 is 21.6 Å². The van der Waals surface area contributed by atoms with Crippen LogP contribution >= 0.6 is 11.6 Å². The summed E-state index contributed by atoms with van der Waals surface area (Å²) in [5.41, 5.74) is 6.22. The fourth-order valence-corrected chi connectivity index (χ4v) is 3.39. The molecule has 7 nitrogen and oxygen atoms in total. The van der Waals surface area contributed by atoms with Crippen molar-refractivity contribution in [1.82, 2.24) is 19.9 Å². The summed E-state index contributed by atoms with van der Waals surface area (Å²) < 4.78 is 26.9. The Morgan fingerprint density at radius 3 is 2.86 bits per heavy atom. The maximum atomic E-state index is 12.2. The van der Waals surface area contributed by atoms with Crippen LogP contribution in [-0.2, 0) is 23.0 Å². The van der Waals surface area contributed by atoms with Crippen molar-refractivity contribution in [2.45, 2.75) is 24.3 Å². The minimum Gasteiger partial charge on any atom is -0.326 e. The summed E-state index contributed by atoms with van der Waals surface area (Å²) in [6.07, 6.45) is 2.62. The normalized spacial score (nSPS) is 11.7. The van der Waals surface area contributed by atoms with Gasteiger partial charge in [-0.3, -0.25) is 5.10 Å². The van der Waals surface area contributed by atoms with Gasteiger partial charge in [0.1, 0.15) is 17.0 Å². The summed E-state index contributed by atoms with van der Waals surface area (Å²) in [6, 6.07) is 4.72. The second kappa shape index (κ2) is 6.99. The summed E-state index contributed by atoms with van der Waals surface area (Å²) in [6.45, 7) is 0.539. The average molecular weight is 330 g/mol. The molecule has 0 fully saturated rings. The second-order valence-electron chi connectivity index (χ2n) is 4.40. The fraction of sp³-hybridized carbons (Fsp3) is 0.333. The van der Waals surface area contributed by atoms with Crippen molar-refractivity contribution in [3.63, 3.8) is 0 Å². The van der Waals surface area contributed by atoms with Crippen molar-refractivity contribution in [1.29, 1.82) is 0 Å². The van der Waals surface area contributed by atoms with E-state index in [-0.39, 0.29) is 23.0 Å². The molecular weight excluding hydrogens is 314 g/mol. The molecule has 0 atom stereocenters. The van der Waals surface area contributed by atoms with Gasteiger partial charge in [0.05, 0.1) is 5.02 Å². The van der Waals surface area contributed by atoms with Gasteiger partial charge < -0.3 is 5.73 Å². The van der Waals surface area contributed by atoms with Crippen molar-refractivity contribution in [3.8, 4) is 0 Å². The van der Waals surface area contributed by atoms with Gasteiger partial charge in [-0.15, -0.1) is 0 Å². The lowest BCUT2D eigenvalue weighted by atomic mass is 10.2. The molecule has 2 aromatic rings. The largest absolute Gasteiger partial charge is 0.326 e. The lowest BCUT2D eigenvalue weighted by Crippen LogP contribution is -2.25. The third-order valence-electron chi connectivity index (χ3n) is 2.87. The molecule has 9 heteroatoms. The van der Waals surface area contributed by atoms with E-state index in [9.17, 15) is 8.42 Å². The highest BCUT2D eigenvalue weighted by Crippen LogP contribution is 2.22. The average Bonchev–Trinajstić information content (AvgIpc) is 2.97. The number of hydrogen-bond acceptors (Lipinski definition) is 5. The van der Waals surface area contributed by atoms with Crippen LogP contribution in [0.4, 0.5) is 0 Å². The first-order valence-electron chi connectivity index (χ1n) is 6.35. The molecule has 0 bridgehead atoms. The van der Waals surface area contributed by atoms with E-state index in [0.717, 1.165) is 5.82 Å². The van der Waals surface area contributed by atoms with Gasteiger partial charge in [-0.05, 0) is 24.1 Å². The highest BCUT2D eigenvalue weighted by atomic mass is 35.5. The number of nitrogens with one attached hydrogen (secondary N) is 2. The number of nitrogens with two attached hydrogens (primary N) is 1. The van der Waals surface area contributed by atoms with Gasteiger partial charge in [0.25, 0.3) is 0 Å². The highest BCUT2D eigenvalue weighted by Gasteiger charge is 2.17. The number of sulfonamides is 1. The monoisotopic (exact) mass is 329 g/mol. The molecule has 2 rings (SSSR count). The van der Waals surface area contributed by atoms with Crippen molar-refractivity contribution in [3.05, 3.63) is 40.9 Å². The van der Waals surface area contributed by atoms with Gasteiger partial charge in [0.2, 0.25) is 10.0 Å². The maximum absolute atomic E-state index is 12.2. The van der Waals surface area contributed by atoms with Gasteiger partial charge in [-0.2, -0.15) is 5.10 Å². The summed E-state index contributed by atoms with van der Waals surface area (Å²) in [7, 11) is -3.65. The molecule has 0 saturated carbocycles. The molecule has 0 radical (unpaired) electrons. The Bertz CT molecular complexity index is 688. The van der Waals surface area contributed by atoms with E-state index in [4.69, 9.17) is 17.3 Å². The zero-order valence-corrected chi connectivity index (χ0v) is 12.8. The molecule has 0 spiro atoms. The Kier molecular flexibility index (Phi) is 5.29. The zero-order chi connectivity index (χ0) is 15.3. The Labute approximate surface area is 128 Å². The Morgan fingerprint density at radius 1 is 1.38 bits per heavy atom. The molecule has 1 aromatic carbocycles. The number of nitrogens with zero attached hydrogens (tertiary/aromatic N) is 2. The Morgan fingerprint density at radius 2 is 2.19 bits per heavy atom. The van der Waals surface area contributed by atoms with Gasteiger partial charge in [-0.25, -0.2) is 18.1 Å². The van der Waals surface area contributed by atoms with Crippen LogP contribution < -0.4 is 10.5 Å². The number of H-pyrrole nitrogens is 1. The van der Waals surface area contributed by atoms with Crippen LogP contribution in [0.25, 0.3) is 0 Å². The minimum absolute atomic E-state index is 0.0479. The van der Waals surface area contributed by atoms with Gasteiger partial charge in [0.15, 0.2) is 0 Å². The van der Waals surface area contributed by atoms with Gasteiger partial charge in [-0.1, -0.05) is 17.7 Å². The molecule has 0 aliphatic heterocycles. The number of aromatic amines is 1. The lowest BCUT2D eigenvalue weighted by molar-refractivity contribution is 0.578. The van der Waals surface area contributed by atoms with Crippen LogP contribution in [0.15, 0.2) is 29.4 Å². The number of hydrogen-bond donors (Lipinski definition) is 3. The molecule has 0 amide bonds. The maximum Gasteiger partial charge on any atom is 0.242 e. The van der Waals surface area contributed by atoms with E-state index in [1.165, 1.54) is 18.5 Å². The first-order chi connectivity index (χ1) is 10.0. The Balaban J connectivity index is 1.98. The first-order valence-corrected chi connectivity index (χ1v) is 8.21. The molecule has 4 N–H and O–H groups in total. The second-order valence-corrected chi connectivity index (χ2v) is 6.54. The number of aromatic nitrogens is 3. The van der Waals surface area contributed by atoms with Crippen LogP contribution in [0.5, 0.6) is 0 Å². The van der Waals surface area contributed by atoms with Crippen LogP contribution in [0.1, 0.15) is 17.8 Å². The number of rotatable bonds is 7. The predicted octanol–water partition coefficient (Wildman–Crippen LogP) is 0.828. The minimum atomic E-state index is -3.65. The van der Waals surface area contributed by atoms with Crippen molar-refractivity contribution < 1.29 is 8.42 Å². The van der Waals surface area contributed by atoms with E-state index in [1.54, 1.807) is 6.07 Å². The zero-order valence-electron chi connectivity index (χ0n) is 11.2. The van der Waals surface area contributed by atoms with Crippen molar-refractivity contribution in [2.75, 3.05) is 6.54 Å². The van der Waals surface area contributed by atoms with Gasteiger partial charge in [0, 0.05) is 19.5 Å². The molecule has 0 unspecified atom stereocenters. The topological polar surface area (TPSA) is 114 Å². The smallest absolute Gasteiger partial charge is 0.242 e. The third kappa shape index (κ3) is 4.24. The van der Waals surface area contributed by atoms with E-state index >= 15 is 0 Å². The van der Waals surface area contributed by atoms with Crippen LogP contribution in [0, 0.1) is 0 Å². The quantitative estimate of drug-likeness (QED) is 0.651. The Hall–Kier alpha value is -1.48. The van der Waals surface area contributed by atoms with Gasteiger partial charge >= 0.3 is 0 Å². The van der Waals surface area contributed by atoms with E-state index in [0.29, 0.717) is 18.4 Å². The molecule has 114 valence electrons.